The van der Waals surface area contributed by atoms with Crippen molar-refractivity contribution in [3.8, 4) is 0 Å². The molecule has 2 amide bonds. The zero-order chi connectivity index (χ0) is 42.4. The molecule has 2 aliphatic heterocycles. The van der Waals surface area contributed by atoms with E-state index < -0.39 is 24.6 Å². The summed E-state index contributed by atoms with van der Waals surface area (Å²) >= 11 is 19.0. The Morgan fingerprint density at radius 2 is 1.27 bits per heavy atom. The summed E-state index contributed by atoms with van der Waals surface area (Å²) in [6.07, 6.45) is 3.07. The van der Waals surface area contributed by atoms with Crippen molar-refractivity contribution in [3.05, 3.63) is 127 Å². The third-order valence-corrected chi connectivity index (χ3v) is 12.8. The fraction of sp³-hybridized carbons (Fsp3) is 0.364. The third-order valence-electron chi connectivity index (χ3n) is 11.8. The van der Waals surface area contributed by atoms with Gasteiger partial charge < -0.3 is 20.0 Å². The monoisotopic (exact) mass is 864 g/mol. The van der Waals surface area contributed by atoms with E-state index in [9.17, 15) is 28.6 Å². The summed E-state index contributed by atoms with van der Waals surface area (Å²) in [5.74, 6) is -0.108. The first-order valence-corrected chi connectivity index (χ1v) is 20.5. The number of nitrogens with zero attached hydrogens (tertiary/aromatic N) is 4. The molecule has 0 unspecified atom stereocenters. The smallest absolute Gasteiger partial charge is 0.227 e. The summed E-state index contributed by atoms with van der Waals surface area (Å²) in [6, 6.07) is 17.7. The minimum absolute atomic E-state index is 0.0265. The molecule has 2 aliphatic rings. The lowest BCUT2D eigenvalue weighted by atomic mass is 9.83. The number of benzene rings is 4. The lowest BCUT2D eigenvalue weighted by Crippen LogP contribution is -2.41. The number of nitrogens with one attached hydrogen (secondary N) is 2. The lowest BCUT2D eigenvalue weighted by molar-refractivity contribution is -0.133. The molecule has 0 saturated carbocycles. The molecule has 0 saturated heterocycles. The predicted molar refractivity (Wildman–Crippen MR) is 226 cm³/mol. The lowest BCUT2D eigenvalue weighted by Gasteiger charge is -2.38. The molecular weight excluding hydrogens is 821 g/mol. The van der Waals surface area contributed by atoms with Crippen LogP contribution in [-0.4, -0.2) is 78.7 Å². The van der Waals surface area contributed by atoms with Gasteiger partial charge in [0.05, 0.1) is 42.2 Å². The zero-order valence-electron chi connectivity index (χ0n) is 33.1. The largest absolute Gasteiger partial charge is 0.383 e. The minimum atomic E-state index is -1.54. The van der Waals surface area contributed by atoms with Crippen LogP contribution in [0.15, 0.2) is 66.9 Å². The van der Waals surface area contributed by atoms with E-state index in [4.69, 9.17) is 34.8 Å². The van der Waals surface area contributed by atoms with Gasteiger partial charge in [0.25, 0.3) is 0 Å². The maximum absolute atomic E-state index is 13.4. The quantitative estimate of drug-likeness (QED) is 0.121. The van der Waals surface area contributed by atoms with Gasteiger partial charge in [-0.3, -0.25) is 19.8 Å². The molecule has 0 bridgehead atoms. The average molecular weight is 866 g/mol. The molecule has 8 rings (SSSR count). The number of rotatable bonds is 8. The highest BCUT2D eigenvalue weighted by atomic mass is 35.5. The van der Waals surface area contributed by atoms with Crippen LogP contribution in [0.25, 0.3) is 21.8 Å². The minimum Gasteiger partial charge on any atom is -0.383 e. The molecule has 0 fully saturated rings. The van der Waals surface area contributed by atoms with Crippen molar-refractivity contribution in [2.45, 2.75) is 76.7 Å². The van der Waals surface area contributed by atoms with Gasteiger partial charge >= 0.3 is 0 Å². The molecule has 0 aliphatic carbocycles. The molecular formula is C44H45Cl3F2N6O4. The van der Waals surface area contributed by atoms with Crippen LogP contribution in [0.2, 0.25) is 15.2 Å². The SMILES string of the molecule is C[C@H]1c2cccc([C@@](C)(O)CF)c2CCN1C(=O)Cc1c(Cl)ccc2[nH]ncc12.C[C@H]1c2cccc([C@@](C)(O)CF)c2CCN1C(=O)Cc1c(Cl)ccc2n[nH]c(Cl)c12. The first-order chi connectivity index (χ1) is 28.1. The van der Waals surface area contributed by atoms with Crippen LogP contribution in [0.5, 0.6) is 0 Å². The highest BCUT2D eigenvalue weighted by Crippen LogP contribution is 2.39. The van der Waals surface area contributed by atoms with Gasteiger partial charge in [0.1, 0.15) is 29.7 Å². The molecule has 59 heavy (non-hydrogen) atoms. The number of hydrogen-bond donors (Lipinski definition) is 4. The van der Waals surface area contributed by atoms with E-state index in [0.717, 1.165) is 38.7 Å². The van der Waals surface area contributed by atoms with E-state index in [1.807, 2.05) is 43.0 Å². The maximum atomic E-state index is 13.4. The summed E-state index contributed by atoms with van der Waals surface area (Å²) in [4.78, 5) is 30.0. The van der Waals surface area contributed by atoms with Crippen LogP contribution in [-0.2, 0) is 46.5 Å². The summed E-state index contributed by atoms with van der Waals surface area (Å²) in [5, 5.41) is 37.5. The number of aromatic nitrogens is 4. The van der Waals surface area contributed by atoms with Gasteiger partial charge in [0, 0.05) is 33.9 Å². The van der Waals surface area contributed by atoms with Crippen LogP contribution in [0.1, 0.15) is 84.3 Å². The molecule has 2 aromatic heterocycles. The van der Waals surface area contributed by atoms with Gasteiger partial charge in [0.15, 0.2) is 0 Å². The summed E-state index contributed by atoms with van der Waals surface area (Å²) in [5.41, 5.74) is 4.73. The number of aromatic amines is 2. The number of carbonyl (C=O) groups excluding carboxylic acids is 2. The van der Waals surface area contributed by atoms with E-state index in [2.05, 4.69) is 20.4 Å². The molecule has 0 radical (unpaired) electrons. The fourth-order valence-electron chi connectivity index (χ4n) is 8.59. The van der Waals surface area contributed by atoms with E-state index in [1.165, 1.54) is 13.8 Å². The number of carbonyl (C=O) groups is 2. The molecule has 4 aromatic carbocycles. The molecule has 310 valence electrons. The molecule has 15 heteroatoms. The topological polar surface area (TPSA) is 138 Å². The number of halogens is 5. The Hall–Kier alpha value is -4.59. The number of alkyl halides is 2. The van der Waals surface area contributed by atoms with Crippen LogP contribution in [0.3, 0.4) is 0 Å². The number of H-pyrrole nitrogens is 2. The van der Waals surface area contributed by atoms with E-state index in [0.29, 0.717) is 68.7 Å². The average Bonchev–Trinajstić information content (AvgIpc) is 3.87. The molecule has 4 atom stereocenters. The van der Waals surface area contributed by atoms with Gasteiger partial charge in [-0.1, -0.05) is 71.2 Å². The number of fused-ring (bicyclic) bond motifs is 4. The molecule has 10 nitrogen and oxygen atoms in total. The van der Waals surface area contributed by atoms with Crippen molar-refractivity contribution in [3.63, 3.8) is 0 Å². The van der Waals surface area contributed by atoms with Crippen molar-refractivity contribution in [1.82, 2.24) is 30.2 Å². The Labute approximate surface area is 355 Å². The van der Waals surface area contributed by atoms with Crippen molar-refractivity contribution in [2.24, 2.45) is 0 Å². The normalized spacial score (nSPS) is 18.4. The number of aliphatic hydroxyl groups is 2. The summed E-state index contributed by atoms with van der Waals surface area (Å²) < 4.78 is 26.8. The van der Waals surface area contributed by atoms with Gasteiger partial charge in [-0.2, -0.15) is 10.2 Å². The Bertz CT molecular complexity index is 2560. The van der Waals surface area contributed by atoms with Crippen LogP contribution < -0.4 is 0 Å². The fourth-order valence-corrected chi connectivity index (χ4v) is 9.30. The molecule has 4 N–H and O–H groups in total. The standard InChI is InChI=1S/C22H22Cl2FN3O2.C22H23ClFN3O2/c1-12-13-4-3-5-16(22(2,30)11-25)14(13)8-9-28(12)19(29)10-15-17(23)6-7-18-20(15)21(24)27-26-18;1-13-14-4-3-5-18(22(2,29)12-24)15(14)8-9-27(13)21(28)10-16-17-11-25-26-20(17)7-6-19(16)23/h3-7,12,30H,8-11H2,1-2H3,(H,26,27);3-7,11,13,29H,8-10,12H2,1-2H3,(H,25,26)/t12-,22-;13-,22-/m00/s1. The van der Waals surface area contributed by atoms with E-state index >= 15 is 0 Å². The molecule has 4 heterocycles. The van der Waals surface area contributed by atoms with Crippen molar-refractivity contribution in [1.29, 1.82) is 0 Å². The number of amides is 2. The zero-order valence-corrected chi connectivity index (χ0v) is 35.3. The number of hydrogen-bond acceptors (Lipinski definition) is 6. The molecule has 6 aromatic rings. The molecule has 0 spiro atoms. The Kier molecular flexibility index (Phi) is 12.1. The Morgan fingerprint density at radius 3 is 1.81 bits per heavy atom. The van der Waals surface area contributed by atoms with Crippen LogP contribution in [0.4, 0.5) is 8.78 Å². The van der Waals surface area contributed by atoms with Crippen molar-refractivity contribution >= 4 is 68.4 Å². The van der Waals surface area contributed by atoms with Crippen LogP contribution in [0, 0.1) is 0 Å². The van der Waals surface area contributed by atoms with Gasteiger partial charge in [-0.05, 0) is 109 Å². The van der Waals surface area contributed by atoms with Crippen LogP contribution >= 0.6 is 34.8 Å². The Balaban J connectivity index is 0.000000179. The second kappa shape index (κ2) is 16.8. The maximum Gasteiger partial charge on any atom is 0.227 e. The first-order valence-electron chi connectivity index (χ1n) is 19.4. The summed E-state index contributed by atoms with van der Waals surface area (Å²) in [6.45, 7) is 6.12. The van der Waals surface area contributed by atoms with Gasteiger partial charge in [-0.15, -0.1) is 0 Å². The van der Waals surface area contributed by atoms with Gasteiger partial charge in [0.2, 0.25) is 11.8 Å². The second-order valence-corrected chi connectivity index (χ2v) is 16.9. The third kappa shape index (κ3) is 8.05. The highest BCUT2D eigenvalue weighted by Gasteiger charge is 2.36. The second-order valence-electron chi connectivity index (χ2n) is 15.8. The predicted octanol–water partition coefficient (Wildman–Crippen LogP) is 8.82. The van der Waals surface area contributed by atoms with Crippen molar-refractivity contribution < 1.29 is 28.6 Å². The van der Waals surface area contributed by atoms with Crippen molar-refractivity contribution in [2.75, 3.05) is 26.4 Å². The highest BCUT2D eigenvalue weighted by molar-refractivity contribution is 6.37. The van der Waals surface area contributed by atoms with E-state index in [-0.39, 0.29) is 36.7 Å². The summed E-state index contributed by atoms with van der Waals surface area (Å²) in [7, 11) is 0. The van der Waals surface area contributed by atoms with Gasteiger partial charge in [-0.25, -0.2) is 8.78 Å². The van der Waals surface area contributed by atoms with E-state index in [1.54, 1.807) is 47.5 Å². The Morgan fingerprint density at radius 1 is 0.763 bits per heavy atom. The first kappa shape index (κ1) is 42.5.